The number of nitrogens with one attached hydrogen (secondary N) is 1. The summed E-state index contributed by atoms with van der Waals surface area (Å²) in [6.07, 6.45) is 5.58. The molecular weight excluding hydrogens is 220 g/mol. The van der Waals surface area contributed by atoms with Crippen LogP contribution in [0.1, 0.15) is 30.6 Å². The summed E-state index contributed by atoms with van der Waals surface area (Å²) < 4.78 is 5.09. The first-order chi connectivity index (χ1) is 7.90. The summed E-state index contributed by atoms with van der Waals surface area (Å²) >= 11 is 1.64. The Labute approximate surface area is 99.5 Å². The minimum atomic E-state index is 0.295. The first kappa shape index (κ1) is 11.4. The monoisotopic (exact) mass is 236 g/mol. The fourth-order valence-corrected chi connectivity index (χ4v) is 2.25. The lowest BCUT2D eigenvalue weighted by Gasteiger charge is -2.15. The van der Waals surface area contributed by atoms with E-state index in [1.807, 2.05) is 11.6 Å². The molecule has 2 heterocycles. The van der Waals surface area contributed by atoms with E-state index < -0.39 is 0 Å². The van der Waals surface area contributed by atoms with Gasteiger partial charge in [0.15, 0.2) is 0 Å². The maximum absolute atomic E-state index is 5.09. The third-order valence-corrected chi connectivity index (χ3v) is 3.07. The topological polar surface area (TPSA) is 38.1 Å². The Bertz CT molecular complexity index is 383. The lowest BCUT2D eigenvalue weighted by molar-refractivity contribution is 0.513. The molecule has 0 saturated heterocycles. The van der Waals surface area contributed by atoms with Crippen LogP contribution in [0.25, 0.3) is 0 Å². The van der Waals surface area contributed by atoms with Crippen molar-refractivity contribution in [1.82, 2.24) is 10.3 Å². The molecule has 0 amide bonds. The van der Waals surface area contributed by atoms with Crippen molar-refractivity contribution in [3.63, 3.8) is 0 Å². The first-order valence-electron chi connectivity index (χ1n) is 5.52. The number of nitrogens with zero attached hydrogens (tertiary/aromatic N) is 1. The van der Waals surface area contributed by atoms with Gasteiger partial charge in [-0.2, -0.15) is 0 Å². The number of thiazole rings is 1. The highest BCUT2D eigenvalue weighted by molar-refractivity contribution is 7.07. The molecule has 1 atom stereocenters. The molecule has 0 aromatic carbocycles. The van der Waals surface area contributed by atoms with Crippen LogP contribution < -0.4 is 5.32 Å². The van der Waals surface area contributed by atoms with E-state index in [2.05, 4.69) is 22.6 Å². The molecular formula is C12H16N2OS. The van der Waals surface area contributed by atoms with Gasteiger partial charge < -0.3 is 9.73 Å². The third kappa shape index (κ3) is 2.93. The van der Waals surface area contributed by atoms with E-state index in [1.165, 1.54) is 5.56 Å². The van der Waals surface area contributed by atoms with E-state index in [0.717, 1.165) is 25.1 Å². The molecule has 0 aliphatic heterocycles. The fraction of sp³-hybridized carbons (Fsp3) is 0.417. The van der Waals surface area contributed by atoms with Crippen LogP contribution in [0.3, 0.4) is 0 Å². The van der Waals surface area contributed by atoms with E-state index in [1.54, 1.807) is 23.9 Å². The zero-order chi connectivity index (χ0) is 11.2. The van der Waals surface area contributed by atoms with Crippen molar-refractivity contribution in [1.29, 1.82) is 0 Å². The van der Waals surface area contributed by atoms with Crippen LogP contribution in [-0.4, -0.2) is 11.5 Å². The van der Waals surface area contributed by atoms with Crippen LogP contribution in [0.5, 0.6) is 0 Å². The second-order valence-electron chi connectivity index (χ2n) is 3.76. The predicted octanol–water partition coefficient (Wildman–Crippen LogP) is 3.02. The van der Waals surface area contributed by atoms with Crippen molar-refractivity contribution < 1.29 is 4.42 Å². The third-order valence-electron chi connectivity index (χ3n) is 2.47. The highest BCUT2D eigenvalue weighted by Gasteiger charge is 2.13. The number of hydrogen-bond acceptors (Lipinski definition) is 4. The van der Waals surface area contributed by atoms with Gasteiger partial charge in [0.05, 0.1) is 29.8 Å². The normalized spacial score (nSPS) is 12.8. The lowest BCUT2D eigenvalue weighted by Crippen LogP contribution is -2.24. The molecule has 0 saturated carbocycles. The van der Waals surface area contributed by atoms with Gasteiger partial charge in [0, 0.05) is 5.38 Å². The van der Waals surface area contributed by atoms with Gasteiger partial charge in [-0.3, -0.25) is 0 Å². The molecule has 0 spiro atoms. The molecule has 2 aromatic heterocycles. The Morgan fingerprint density at radius 2 is 2.50 bits per heavy atom. The van der Waals surface area contributed by atoms with Gasteiger partial charge in [0.2, 0.25) is 0 Å². The smallest absolute Gasteiger partial charge is 0.0935 e. The van der Waals surface area contributed by atoms with Gasteiger partial charge in [0.1, 0.15) is 0 Å². The standard InChI is InChI=1S/C12H16N2OS/c1-2-4-13-11(12-8-16-9-14-12)6-10-3-5-15-7-10/h3,5,7-9,11,13H,2,4,6H2,1H3. The van der Waals surface area contributed by atoms with Crippen molar-refractivity contribution in [3.8, 4) is 0 Å². The Kier molecular flexibility index (Phi) is 4.13. The highest BCUT2D eigenvalue weighted by Crippen LogP contribution is 2.18. The molecule has 2 aromatic rings. The predicted molar refractivity (Wildman–Crippen MR) is 65.6 cm³/mol. The van der Waals surface area contributed by atoms with Crippen LogP contribution in [0, 0.1) is 0 Å². The van der Waals surface area contributed by atoms with Gasteiger partial charge in [-0.05, 0) is 31.0 Å². The van der Waals surface area contributed by atoms with Gasteiger partial charge in [-0.1, -0.05) is 6.92 Å². The molecule has 0 radical (unpaired) electrons. The van der Waals surface area contributed by atoms with Crippen LogP contribution in [0.15, 0.2) is 33.9 Å². The molecule has 1 unspecified atom stereocenters. The summed E-state index contributed by atoms with van der Waals surface area (Å²) in [4.78, 5) is 4.38. The second-order valence-corrected chi connectivity index (χ2v) is 4.47. The molecule has 2 rings (SSSR count). The van der Waals surface area contributed by atoms with Gasteiger partial charge in [-0.25, -0.2) is 4.98 Å². The summed E-state index contributed by atoms with van der Waals surface area (Å²) in [5, 5.41) is 5.62. The summed E-state index contributed by atoms with van der Waals surface area (Å²) in [6.45, 7) is 3.18. The quantitative estimate of drug-likeness (QED) is 0.837. The maximum Gasteiger partial charge on any atom is 0.0935 e. The second kappa shape index (κ2) is 5.82. The van der Waals surface area contributed by atoms with Gasteiger partial charge >= 0.3 is 0 Å². The highest BCUT2D eigenvalue weighted by atomic mass is 32.1. The van der Waals surface area contributed by atoms with Crippen molar-refractivity contribution in [2.24, 2.45) is 0 Å². The molecule has 86 valence electrons. The Morgan fingerprint density at radius 1 is 1.56 bits per heavy atom. The maximum atomic E-state index is 5.09. The van der Waals surface area contributed by atoms with Crippen LogP contribution in [-0.2, 0) is 6.42 Å². The number of furan rings is 1. The minimum Gasteiger partial charge on any atom is -0.472 e. The molecule has 0 fully saturated rings. The van der Waals surface area contributed by atoms with E-state index >= 15 is 0 Å². The average Bonchev–Trinajstić information content (AvgIpc) is 2.96. The van der Waals surface area contributed by atoms with Crippen molar-refractivity contribution in [2.75, 3.05) is 6.54 Å². The molecule has 4 heteroatoms. The van der Waals surface area contributed by atoms with Crippen molar-refractivity contribution in [3.05, 3.63) is 40.7 Å². The number of rotatable bonds is 6. The zero-order valence-electron chi connectivity index (χ0n) is 9.35. The Balaban J connectivity index is 2.03. The van der Waals surface area contributed by atoms with Gasteiger partial charge in [0.25, 0.3) is 0 Å². The lowest BCUT2D eigenvalue weighted by atomic mass is 10.1. The first-order valence-corrected chi connectivity index (χ1v) is 6.47. The Morgan fingerprint density at radius 3 is 3.12 bits per heavy atom. The number of hydrogen-bond donors (Lipinski definition) is 1. The summed E-state index contributed by atoms with van der Waals surface area (Å²) in [5.74, 6) is 0. The fourth-order valence-electron chi connectivity index (χ4n) is 1.64. The molecule has 16 heavy (non-hydrogen) atoms. The van der Waals surface area contributed by atoms with Crippen LogP contribution >= 0.6 is 11.3 Å². The molecule has 0 aliphatic carbocycles. The van der Waals surface area contributed by atoms with E-state index in [0.29, 0.717) is 6.04 Å². The van der Waals surface area contributed by atoms with E-state index in [4.69, 9.17) is 4.42 Å². The average molecular weight is 236 g/mol. The van der Waals surface area contributed by atoms with Gasteiger partial charge in [-0.15, -0.1) is 11.3 Å². The minimum absolute atomic E-state index is 0.295. The number of aromatic nitrogens is 1. The molecule has 3 nitrogen and oxygen atoms in total. The molecule has 1 N–H and O–H groups in total. The molecule has 0 aliphatic rings. The van der Waals surface area contributed by atoms with Crippen LogP contribution in [0.2, 0.25) is 0 Å². The Hall–Kier alpha value is -1.13. The van der Waals surface area contributed by atoms with E-state index in [9.17, 15) is 0 Å². The SMILES string of the molecule is CCCNC(Cc1ccoc1)c1cscn1. The molecule has 0 bridgehead atoms. The summed E-state index contributed by atoms with van der Waals surface area (Å²) in [6, 6.07) is 2.30. The summed E-state index contributed by atoms with van der Waals surface area (Å²) in [5.41, 5.74) is 4.21. The van der Waals surface area contributed by atoms with Crippen LogP contribution in [0.4, 0.5) is 0 Å². The summed E-state index contributed by atoms with van der Waals surface area (Å²) in [7, 11) is 0. The largest absolute Gasteiger partial charge is 0.472 e. The van der Waals surface area contributed by atoms with E-state index in [-0.39, 0.29) is 0 Å². The van der Waals surface area contributed by atoms with Crippen molar-refractivity contribution in [2.45, 2.75) is 25.8 Å². The zero-order valence-corrected chi connectivity index (χ0v) is 10.2. The van der Waals surface area contributed by atoms with Crippen molar-refractivity contribution >= 4 is 11.3 Å².